The van der Waals surface area contributed by atoms with E-state index in [1.165, 1.54) is 13.2 Å². The van der Waals surface area contributed by atoms with Crippen LogP contribution in [-0.4, -0.2) is 38.2 Å². The molecule has 0 unspecified atom stereocenters. The maximum absolute atomic E-state index is 12.8. The summed E-state index contributed by atoms with van der Waals surface area (Å²) in [5.41, 5.74) is 1.81. The van der Waals surface area contributed by atoms with Crippen LogP contribution in [0.25, 0.3) is 0 Å². The zero-order valence-corrected chi connectivity index (χ0v) is 25.7. The summed E-state index contributed by atoms with van der Waals surface area (Å²) in [7, 11) is 1.52. The molecular weight excluding hydrogens is 560 g/mol. The van der Waals surface area contributed by atoms with Gasteiger partial charge in [0.15, 0.2) is 11.5 Å². The predicted molar refractivity (Wildman–Crippen MR) is 169 cm³/mol. The van der Waals surface area contributed by atoms with E-state index in [9.17, 15) is 14.4 Å². The summed E-state index contributed by atoms with van der Waals surface area (Å²) in [6.45, 7) is 6.44. The van der Waals surface area contributed by atoms with Crippen molar-refractivity contribution < 1.29 is 38.1 Å². The van der Waals surface area contributed by atoms with Crippen molar-refractivity contribution in [2.24, 2.45) is 0 Å². The van der Waals surface area contributed by atoms with E-state index in [0.29, 0.717) is 47.3 Å². The second kappa shape index (κ2) is 18.8. The van der Waals surface area contributed by atoms with Crippen LogP contribution in [-0.2, 0) is 16.0 Å². The fourth-order valence-corrected chi connectivity index (χ4v) is 4.38. The molecule has 0 spiro atoms. The molecule has 3 rings (SSSR count). The first-order valence-electron chi connectivity index (χ1n) is 15.2. The van der Waals surface area contributed by atoms with Gasteiger partial charge in [-0.05, 0) is 79.4 Å². The molecule has 0 aromatic heterocycles. The van der Waals surface area contributed by atoms with E-state index in [2.05, 4.69) is 13.5 Å². The van der Waals surface area contributed by atoms with Crippen LogP contribution >= 0.6 is 0 Å². The molecule has 0 aliphatic carbocycles. The number of carbonyl (C=O) groups excluding carboxylic acids is 3. The summed E-state index contributed by atoms with van der Waals surface area (Å²) < 4.78 is 27.2. The number of esters is 3. The van der Waals surface area contributed by atoms with Crippen molar-refractivity contribution in [3.63, 3.8) is 0 Å². The van der Waals surface area contributed by atoms with Gasteiger partial charge >= 0.3 is 17.9 Å². The van der Waals surface area contributed by atoms with Gasteiger partial charge in [-0.15, -0.1) is 0 Å². The minimum atomic E-state index is -0.557. The Labute approximate surface area is 259 Å². The van der Waals surface area contributed by atoms with Gasteiger partial charge in [0, 0.05) is 6.08 Å². The van der Waals surface area contributed by atoms with E-state index in [0.717, 1.165) is 63.4 Å². The van der Waals surface area contributed by atoms with Crippen molar-refractivity contribution in [3.8, 4) is 23.0 Å². The molecule has 0 atom stereocenters. The molecule has 8 heteroatoms. The third-order valence-electron chi connectivity index (χ3n) is 6.95. The van der Waals surface area contributed by atoms with Gasteiger partial charge in [-0.25, -0.2) is 14.4 Å². The van der Waals surface area contributed by atoms with Crippen molar-refractivity contribution >= 4 is 17.9 Å². The summed E-state index contributed by atoms with van der Waals surface area (Å²) in [5.74, 6) is 0.361. The minimum absolute atomic E-state index is 0.298. The zero-order chi connectivity index (χ0) is 31.6. The van der Waals surface area contributed by atoms with Gasteiger partial charge in [-0.2, -0.15) is 0 Å². The van der Waals surface area contributed by atoms with Crippen LogP contribution in [0, 0.1) is 0 Å². The van der Waals surface area contributed by atoms with Crippen molar-refractivity contribution in [1.29, 1.82) is 0 Å². The van der Waals surface area contributed by atoms with Crippen LogP contribution < -0.4 is 18.9 Å². The number of methoxy groups -OCH3 is 1. The van der Waals surface area contributed by atoms with Crippen molar-refractivity contribution in [1.82, 2.24) is 0 Å². The Kier molecular flexibility index (Phi) is 14.5. The van der Waals surface area contributed by atoms with Crippen LogP contribution in [0.15, 0.2) is 79.4 Å². The van der Waals surface area contributed by atoms with Crippen LogP contribution in [0.2, 0.25) is 0 Å². The average Bonchev–Trinajstić information content (AvgIpc) is 3.05. The first-order valence-corrected chi connectivity index (χ1v) is 15.2. The Morgan fingerprint density at radius 1 is 0.659 bits per heavy atom. The van der Waals surface area contributed by atoms with Crippen molar-refractivity contribution in [2.45, 2.75) is 64.7 Å². The van der Waals surface area contributed by atoms with Crippen LogP contribution in [0.1, 0.15) is 84.6 Å². The molecule has 3 aromatic rings. The summed E-state index contributed by atoms with van der Waals surface area (Å²) in [6.07, 6.45) is 10.6. The number of hydrogen-bond donors (Lipinski definition) is 0. The maximum Gasteiger partial charge on any atom is 0.343 e. The van der Waals surface area contributed by atoms with E-state index < -0.39 is 11.9 Å². The van der Waals surface area contributed by atoms with Gasteiger partial charge in [0.1, 0.15) is 11.5 Å². The zero-order valence-electron chi connectivity index (χ0n) is 25.7. The Balaban J connectivity index is 1.36. The molecule has 0 fully saturated rings. The Morgan fingerprint density at radius 3 is 1.75 bits per heavy atom. The lowest BCUT2D eigenvalue weighted by molar-refractivity contribution is -0.137. The summed E-state index contributed by atoms with van der Waals surface area (Å²) in [4.78, 5) is 36.2. The Bertz CT molecular complexity index is 1350. The van der Waals surface area contributed by atoms with Gasteiger partial charge in [0.2, 0.25) is 0 Å². The molecule has 0 bridgehead atoms. The van der Waals surface area contributed by atoms with E-state index >= 15 is 0 Å². The minimum Gasteiger partial charge on any atom is -0.493 e. The van der Waals surface area contributed by atoms with E-state index in [-0.39, 0.29) is 5.97 Å². The molecule has 0 saturated heterocycles. The average molecular weight is 603 g/mol. The topological polar surface area (TPSA) is 97.4 Å². The molecule has 0 aliphatic rings. The number of hydrogen-bond acceptors (Lipinski definition) is 8. The van der Waals surface area contributed by atoms with Crippen LogP contribution in [0.4, 0.5) is 0 Å². The highest BCUT2D eigenvalue weighted by atomic mass is 16.5. The van der Waals surface area contributed by atoms with E-state index in [1.54, 1.807) is 54.6 Å². The molecule has 8 nitrogen and oxygen atoms in total. The Hall–Kier alpha value is -4.59. The SMILES string of the molecule is C=CC(=O)OCCCCCCCCCCOc1ccc(C(=O)Oc2ccc(C(=O)Oc3ccc(CC)cc3)cc2)cc1OC. The Morgan fingerprint density at radius 2 is 1.18 bits per heavy atom. The standard InChI is InChI=1S/C36H42O8/c1-4-27-14-19-30(20-15-27)43-35(38)28-16-21-31(22-17-28)44-36(39)29-18-23-32(33(26-29)40-3)41-24-12-10-8-6-7-9-11-13-25-42-34(37)5-2/h5,14-23,26H,2,4,6-13,24-25H2,1,3H3. The highest BCUT2D eigenvalue weighted by Crippen LogP contribution is 2.29. The van der Waals surface area contributed by atoms with Gasteiger partial charge in [0.05, 0.1) is 31.5 Å². The highest BCUT2D eigenvalue weighted by molar-refractivity contribution is 5.93. The van der Waals surface area contributed by atoms with Crippen molar-refractivity contribution in [2.75, 3.05) is 20.3 Å². The molecule has 0 aliphatic heterocycles. The quantitative estimate of drug-likeness (QED) is 0.0591. The molecule has 234 valence electrons. The van der Waals surface area contributed by atoms with Crippen LogP contribution in [0.5, 0.6) is 23.0 Å². The summed E-state index contributed by atoms with van der Waals surface area (Å²) in [5, 5.41) is 0. The predicted octanol–water partition coefficient (Wildman–Crippen LogP) is 7.92. The van der Waals surface area contributed by atoms with Gasteiger partial charge < -0.3 is 23.7 Å². The number of aryl methyl sites for hydroxylation is 1. The lowest BCUT2D eigenvalue weighted by Gasteiger charge is -2.12. The smallest absolute Gasteiger partial charge is 0.343 e. The first-order chi connectivity index (χ1) is 21.4. The third kappa shape index (κ3) is 11.6. The number of carbonyl (C=O) groups is 3. The lowest BCUT2D eigenvalue weighted by Crippen LogP contribution is -2.10. The number of ether oxygens (including phenoxy) is 5. The molecule has 44 heavy (non-hydrogen) atoms. The van der Waals surface area contributed by atoms with E-state index in [4.69, 9.17) is 23.7 Å². The van der Waals surface area contributed by atoms with Gasteiger partial charge in [0.25, 0.3) is 0 Å². The number of unbranched alkanes of at least 4 members (excludes halogenated alkanes) is 7. The molecule has 0 amide bonds. The van der Waals surface area contributed by atoms with Gasteiger partial charge in [-0.1, -0.05) is 64.2 Å². The second-order valence-electron chi connectivity index (χ2n) is 10.2. The van der Waals surface area contributed by atoms with Crippen molar-refractivity contribution in [3.05, 3.63) is 96.1 Å². The molecule has 3 aromatic carbocycles. The normalized spacial score (nSPS) is 10.5. The van der Waals surface area contributed by atoms with Crippen LogP contribution in [0.3, 0.4) is 0 Å². The fraction of sp³-hybridized carbons (Fsp3) is 0.361. The lowest BCUT2D eigenvalue weighted by atomic mass is 10.1. The summed E-state index contributed by atoms with van der Waals surface area (Å²) >= 11 is 0. The number of benzene rings is 3. The third-order valence-corrected chi connectivity index (χ3v) is 6.95. The number of rotatable bonds is 19. The van der Waals surface area contributed by atoms with Gasteiger partial charge in [-0.3, -0.25) is 0 Å². The largest absolute Gasteiger partial charge is 0.493 e. The highest BCUT2D eigenvalue weighted by Gasteiger charge is 2.15. The molecular formula is C36H42O8. The second-order valence-corrected chi connectivity index (χ2v) is 10.2. The summed E-state index contributed by atoms with van der Waals surface area (Å²) in [6, 6.07) is 18.5. The monoisotopic (exact) mass is 602 g/mol. The fourth-order valence-electron chi connectivity index (χ4n) is 4.38. The maximum atomic E-state index is 12.8. The first kappa shape index (κ1) is 33.9. The molecule has 0 saturated carbocycles. The molecule has 0 radical (unpaired) electrons. The molecule has 0 N–H and O–H groups in total. The molecule has 0 heterocycles. The van der Waals surface area contributed by atoms with E-state index in [1.807, 2.05) is 12.1 Å².